The van der Waals surface area contributed by atoms with Gasteiger partial charge in [0.25, 0.3) is 5.56 Å². The normalized spacial score (nSPS) is 10.3. The monoisotopic (exact) mass is 395 g/mol. The molecule has 1 aromatic heterocycles. The highest BCUT2D eigenvalue weighted by atomic mass is 16.5. The average Bonchev–Trinajstić information content (AvgIpc) is 2.75. The molecular weight excluding hydrogens is 374 g/mol. The van der Waals surface area contributed by atoms with Gasteiger partial charge in [-0.3, -0.25) is 9.59 Å². The fourth-order valence-corrected chi connectivity index (χ4v) is 2.71. The lowest BCUT2D eigenvalue weighted by Crippen LogP contribution is -2.29. The van der Waals surface area contributed by atoms with Gasteiger partial charge in [-0.05, 0) is 42.5 Å². The maximum atomic E-state index is 12.5. The Bertz CT molecular complexity index is 1060. The predicted octanol–water partition coefficient (Wildman–Crippen LogP) is 2.57. The minimum atomic E-state index is -0.407. The Morgan fingerprint density at radius 1 is 0.931 bits per heavy atom. The number of ether oxygens (including phenoxy) is 3. The molecule has 0 aliphatic carbocycles. The number of carbonyl (C=O) groups excluding carboxylic acids is 1. The molecule has 0 aliphatic rings. The molecule has 0 unspecified atom stereocenters. The summed E-state index contributed by atoms with van der Waals surface area (Å²) in [5.41, 5.74) is 1.47. The number of aromatic nitrogens is 2. The molecule has 0 radical (unpaired) electrons. The average molecular weight is 395 g/mol. The smallest absolute Gasteiger partial charge is 0.267 e. The van der Waals surface area contributed by atoms with Crippen molar-refractivity contribution in [3.63, 3.8) is 0 Å². The van der Waals surface area contributed by atoms with Crippen LogP contribution in [-0.2, 0) is 11.3 Å². The van der Waals surface area contributed by atoms with Gasteiger partial charge in [0.2, 0.25) is 5.91 Å². The summed E-state index contributed by atoms with van der Waals surface area (Å²) in [6.45, 7) is -0.238. The minimum absolute atomic E-state index is 0.238. The Morgan fingerprint density at radius 2 is 1.62 bits per heavy atom. The Kier molecular flexibility index (Phi) is 6.13. The molecule has 0 saturated heterocycles. The third-order valence-electron chi connectivity index (χ3n) is 4.23. The topological polar surface area (TPSA) is 91.7 Å². The first kappa shape index (κ1) is 19.9. The summed E-state index contributed by atoms with van der Waals surface area (Å²) in [6, 6.07) is 15.3. The molecule has 8 nitrogen and oxygen atoms in total. The maximum Gasteiger partial charge on any atom is 0.267 e. The Labute approximate surface area is 167 Å². The first-order chi connectivity index (χ1) is 14.0. The van der Waals surface area contributed by atoms with Crippen LogP contribution in [0.2, 0.25) is 0 Å². The lowest BCUT2D eigenvalue weighted by Gasteiger charge is -2.12. The fourth-order valence-electron chi connectivity index (χ4n) is 2.71. The van der Waals surface area contributed by atoms with Crippen molar-refractivity contribution in [1.29, 1.82) is 0 Å². The van der Waals surface area contributed by atoms with E-state index in [1.54, 1.807) is 50.6 Å². The molecule has 0 atom stereocenters. The molecule has 3 rings (SSSR count). The van der Waals surface area contributed by atoms with E-state index >= 15 is 0 Å². The van der Waals surface area contributed by atoms with Crippen LogP contribution in [0.4, 0.5) is 5.69 Å². The number of amides is 1. The van der Waals surface area contributed by atoms with E-state index in [0.717, 1.165) is 16.0 Å². The van der Waals surface area contributed by atoms with Crippen molar-refractivity contribution in [2.75, 3.05) is 26.6 Å². The molecule has 3 aromatic rings. The second-order valence-corrected chi connectivity index (χ2v) is 6.06. The van der Waals surface area contributed by atoms with Gasteiger partial charge in [0.05, 0.1) is 32.7 Å². The van der Waals surface area contributed by atoms with Crippen molar-refractivity contribution >= 4 is 11.6 Å². The highest BCUT2D eigenvalue weighted by molar-refractivity contribution is 5.92. The molecule has 0 saturated carbocycles. The van der Waals surface area contributed by atoms with Crippen LogP contribution in [0.25, 0.3) is 11.3 Å². The first-order valence-corrected chi connectivity index (χ1v) is 8.78. The van der Waals surface area contributed by atoms with Crippen LogP contribution in [-0.4, -0.2) is 37.0 Å². The minimum Gasteiger partial charge on any atom is -0.497 e. The van der Waals surface area contributed by atoms with Crippen LogP contribution in [0, 0.1) is 0 Å². The number of methoxy groups -OCH3 is 3. The van der Waals surface area contributed by atoms with Crippen molar-refractivity contribution < 1.29 is 19.0 Å². The molecule has 150 valence electrons. The van der Waals surface area contributed by atoms with Crippen molar-refractivity contribution in [2.45, 2.75) is 6.54 Å². The third-order valence-corrected chi connectivity index (χ3v) is 4.23. The highest BCUT2D eigenvalue weighted by Gasteiger charge is 2.12. The van der Waals surface area contributed by atoms with E-state index < -0.39 is 5.91 Å². The Hall–Kier alpha value is -3.81. The molecule has 0 fully saturated rings. The lowest BCUT2D eigenvalue weighted by atomic mass is 10.1. The van der Waals surface area contributed by atoms with Gasteiger partial charge >= 0.3 is 0 Å². The number of hydrogen-bond donors (Lipinski definition) is 1. The van der Waals surface area contributed by atoms with Gasteiger partial charge in [0.1, 0.15) is 23.8 Å². The van der Waals surface area contributed by atoms with E-state index in [9.17, 15) is 9.59 Å². The Balaban J connectivity index is 1.79. The summed E-state index contributed by atoms with van der Waals surface area (Å²) in [7, 11) is 4.62. The molecule has 0 spiro atoms. The van der Waals surface area contributed by atoms with E-state index in [1.807, 2.05) is 12.1 Å². The zero-order chi connectivity index (χ0) is 20.8. The summed E-state index contributed by atoms with van der Waals surface area (Å²) >= 11 is 0. The number of anilines is 1. The first-order valence-electron chi connectivity index (χ1n) is 8.78. The van der Waals surface area contributed by atoms with Crippen molar-refractivity contribution in [2.24, 2.45) is 0 Å². The van der Waals surface area contributed by atoms with Crippen LogP contribution >= 0.6 is 0 Å². The number of nitrogens with one attached hydrogen (secondary N) is 1. The van der Waals surface area contributed by atoms with Crippen LogP contribution in [0.3, 0.4) is 0 Å². The lowest BCUT2D eigenvalue weighted by molar-refractivity contribution is -0.117. The molecule has 1 amide bonds. The molecular formula is C21H21N3O5. The van der Waals surface area contributed by atoms with Crippen molar-refractivity contribution in [1.82, 2.24) is 9.78 Å². The van der Waals surface area contributed by atoms with Crippen molar-refractivity contribution in [3.8, 4) is 28.5 Å². The van der Waals surface area contributed by atoms with Gasteiger partial charge < -0.3 is 19.5 Å². The largest absolute Gasteiger partial charge is 0.497 e. The molecule has 8 heteroatoms. The molecule has 0 bridgehead atoms. The summed E-state index contributed by atoms with van der Waals surface area (Å²) in [5.74, 6) is 1.36. The second-order valence-electron chi connectivity index (χ2n) is 6.06. The standard InChI is InChI=1S/C21H21N3O5/c1-27-15-6-4-14(5-7-15)17-10-11-21(26)24(23-17)13-20(25)22-18-9-8-16(28-2)12-19(18)29-3/h4-12H,13H2,1-3H3,(H,22,25). The summed E-state index contributed by atoms with van der Waals surface area (Å²) < 4.78 is 16.7. The molecule has 1 heterocycles. The molecule has 0 aliphatic heterocycles. The zero-order valence-corrected chi connectivity index (χ0v) is 16.3. The molecule has 29 heavy (non-hydrogen) atoms. The SMILES string of the molecule is COc1ccc(-c2ccc(=O)n(CC(=O)Nc3ccc(OC)cc3OC)n2)cc1. The summed E-state index contributed by atoms with van der Waals surface area (Å²) in [5, 5.41) is 7.03. The molecule has 1 N–H and O–H groups in total. The van der Waals surface area contributed by atoms with Gasteiger partial charge in [-0.25, -0.2) is 4.68 Å². The number of carbonyl (C=O) groups is 1. The van der Waals surface area contributed by atoms with Gasteiger partial charge in [-0.2, -0.15) is 5.10 Å². The zero-order valence-electron chi connectivity index (χ0n) is 16.3. The van der Waals surface area contributed by atoms with Gasteiger partial charge in [0.15, 0.2) is 0 Å². The quantitative estimate of drug-likeness (QED) is 0.661. The number of benzene rings is 2. The van der Waals surface area contributed by atoms with Gasteiger partial charge in [-0.15, -0.1) is 0 Å². The Morgan fingerprint density at radius 3 is 2.28 bits per heavy atom. The fraction of sp³-hybridized carbons (Fsp3) is 0.190. The summed E-state index contributed by atoms with van der Waals surface area (Å²) in [6.07, 6.45) is 0. The van der Waals surface area contributed by atoms with Gasteiger partial charge in [0, 0.05) is 17.7 Å². The van der Waals surface area contributed by atoms with E-state index in [2.05, 4.69) is 10.4 Å². The van der Waals surface area contributed by atoms with E-state index in [0.29, 0.717) is 22.9 Å². The van der Waals surface area contributed by atoms with E-state index in [-0.39, 0.29) is 12.1 Å². The van der Waals surface area contributed by atoms with Crippen molar-refractivity contribution in [3.05, 3.63) is 65.0 Å². The van der Waals surface area contributed by atoms with Gasteiger partial charge in [-0.1, -0.05) is 0 Å². The maximum absolute atomic E-state index is 12.5. The van der Waals surface area contributed by atoms with Crippen LogP contribution in [0.15, 0.2) is 59.4 Å². The highest BCUT2D eigenvalue weighted by Crippen LogP contribution is 2.29. The number of hydrogen-bond acceptors (Lipinski definition) is 6. The molecule has 2 aromatic carbocycles. The van der Waals surface area contributed by atoms with E-state index in [4.69, 9.17) is 14.2 Å². The predicted molar refractivity (Wildman–Crippen MR) is 109 cm³/mol. The number of nitrogens with zero attached hydrogens (tertiary/aromatic N) is 2. The third kappa shape index (κ3) is 4.73. The second kappa shape index (κ2) is 8.92. The van der Waals surface area contributed by atoms with Crippen LogP contribution in [0.5, 0.6) is 17.2 Å². The summed E-state index contributed by atoms with van der Waals surface area (Å²) in [4.78, 5) is 24.6. The van der Waals surface area contributed by atoms with E-state index in [1.165, 1.54) is 13.2 Å². The van der Waals surface area contributed by atoms with Crippen LogP contribution in [0.1, 0.15) is 0 Å². The number of rotatable bonds is 7. The van der Waals surface area contributed by atoms with Crippen LogP contribution < -0.4 is 25.1 Å².